The van der Waals surface area contributed by atoms with Gasteiger partial charge < -0.3 is 30.2 Å². The molecule has 0 aromatic rings. The SMILES string of the molecule is CCCCCCCCCCC(CC)CN(CC(O)CO)C(=O)C(CCC)CCCCCCCC.CCCCCCCCCCCCCCCCC(CCCCC)CN(CC(O)CO)C(=O)C(CCCCC)CCCCCCCC. The zero-order chi connectivity index (χ0) is 58.7. The second-order valence-corrected chi connectivity index (χ2v) is 25.2. The third-order valence-corrected chi connectivity index (χ3v) is 17.4. The summed E-state index contributed by atoms with van der Waals surface area (Å²) in [5.41, 5.74) is 0. The number of aliphatic hydroxyl groups is 4. The van der Waals surface area contributed by atoms with Crippen LogP contribution >= 0.6 is 0 Å². The number of nitrogens with zero attached hydrogens (tertiary/aromatic N) is 2. The molecule has 79 heavy (non-hydrogen) atoms. The molecule has 6 atom stereocenters. The van der Waals surface area contributed by atoms with Crippen molar-refractivity contribution in [2.24, 2.45) is 23.7 Å². The molecule has 0 aromatic carbocycles. The maximum absolute atomic E-state index is 14.1. The van der Waals surface area contributed by atoms with Crippen LogP contribution in [0.1, 0.15) is 370 Å². The van der Waals surface area contributed by atoms with E-state index in [-0.39, 0.29) is 50.0 Å². The van der Waals surface area contributed by atoms with E-state index >= 15 is 0 Å². The summed E-state index contributed by atoms with van der Waals surface area (Å²) in [4.78, 5) is 31.5. The van der Waals surface area contributed by atoms with Crippen molar-refractivity contribution in [1.29, 1.82) is 0 Å². The zero-order valence-corrected chi connectivity index (χ0v) is 54.9. The van der Waals surface area contributed by atoms with Crippen LogP contribution in [0.25, 0.3) is 0 Å². The molecule has 0 radical (unpaired) electrons. The van der Waals surface area contributed by atoms with Crippen LogP contribution < -0.4 is 0 Å². The Morgan fingerprint density at radius 1 is 0.278 bits per heavy atom. The van der Waals surface area contributed by atoms with Gasteiger partial charge in [0.05, 0.1) is 25.4 Å². The number of unbranched alkanes of at least 4 members (excludes halogenated alkanes) is 34. The number of carbonyl (C=O) groups excluding carboxylic acids is 2. The Kier molecular flexibility index (Phi) is 63.5. The Hall–Kier alpha value is -1.22. The van der Waals surface area contributed by atoms with Crippen molar-refractivity contribution in [3.63, 3.8) is 0 Å². The van der Waals surface area contributed by atoms with Gasteiger partial charge in [-0.1, -0.05) is 325 Å². The van der Waals surface area contributed by atoms with Gasteiger partial charge in [0.15, 0.2) is 0 Å². The molecule has 0 aliphatic rings. The molecular weight excluding hydrogens is 977 g/mol. The van der Waals surface area contributed by atoms with E-state index in [1.54, 1.807) is 0 Å². The number of carbonyl (C=O) groups is 2. The third kappa shape index (κ3) is 51.0. The molecule has 8 heteroatoms. The van der Waals surface area contributed by atoms with E-state index in [9.17, 15) is 30.0 Å². The predicted molar refractivity (Wildman–Crippen MR) is 345 cm³/mol. The minimum atomic E-state index is -0.850. The highest BCUT2D eigenvalue weighted by Crippen LogP contribution is 2.27. The fourth-order valence-corrected chi connectivity index (χ4v) is 12.0. The molecule has 474 valence electrons. The third-order valence-electron chi connectivity index (χ3n) is 17.4. The van der Waals surface area contributed by atoms with Crippen molar-refractivity contribution in [1.82, 2.24) is 9.80 Å². The summed E-state index contributed by atoms with van der Waals surface area (Å²) in [5.74, 6) is 1.54. The van der Waals surface area contributed by atoms with Gasteiger partial charge in [-0.15, -0.1) is 0 Å². The van der Waals surface area contributed by atoms with E-state index in [0.29, 0.717) is 11.8 Å². The lowest BCUT2D eigenvalue weighted by Crippen LogP contribution is -2.44. The maximum atomic E-state index is 14.1. The molecule has 2 amide bonds. The number of hydrogen-bond donors (Lipinski definition) is 4. The Morgan fingerprint density at radius 2 is 0.506 bits per heavy atom. The summed E-state index contributed by atoms with van der Waals surface area (Å²) in [5, 5.41) is 39.7. The lowest BCUT2D eigenvalue weighted by molar-refractivity contribution is -0.139. The standard InChI is InChI=1S/C41H83NO3.C30H61NO3/c1-5-9-13-15-17-18-19-20-21-22-23-24-25-29-32-38(31-27-11-7-3)35-42(36-40(44)37-43)41(45)39(33-28-12-8-4)34-30-26-16-14-10-6-2;1-5-9-11-13-15-16-17-19-22-27(8-4)24-31(25-29(33)26-32)30(34)28(21-7-3)23-20-18-14-12-10-6-2/h38-40,43-44H,5-37H2,1-4H3;27-29,32-33H,5-26H2,1-4H3. The van der Waals surface area contributed by atoms with Crippen molar-refractivity contribution in [2.75, 3.05) is 39.4 Å². The lowest BCUT2D eigenvalue weighted by atomic mass is 9.90. The van der Waals surface area contributed by atoms with Gasteiger partial charge in [-0.05, 0) is 56.8 Å². The summed E-state index contributed by atoms with van der Waals surface area (Å²) in [7, 11) is 0. The van der Waals surface area contributed by atoms with E-state index in [1.807, 2.05) is 9.80 Å². The summed E-state index contributed by atoms with van der Waals surface area (Å²) in [6, 6.07) is 0. The topological polar surface area (TPSA) is 122 Å². The zero-order valence-electron chi connectivity index (χ0n) is 54.9. The Balaban J connectivity index is 0. The molecule has 0 rings (SSSR count). The van der Waals surface area contributed by atoms with Gasteiger partial charge in [0, 0.05) is 38.0 Å². The van der Waals surface area contributed by atoms with E-state index < -0.39 is 12.2 Å². The first-order valence-electron chi connectivity index (χ1n) is 35.7. The largest absolute Gasteiger partial charge is 0.394 e. The molecule has 4 N–H and O–H groups in total. The molecule has 0 saturated carbocycles. The fraction of sp³-hybridized carbons (Fsp3) is 0.972. The molecule has 0 bridgehead atoms. The maximum Gasteiger partial charge on any atom is 0.225 e. The number of rotatable bonds is 61. The van der Waals surface area contributed by atoms with Gasteiger partial charge in [0.25, 0.3) is 0 Å². The van der Waals surface area contributed by atoms with Crippen molar-refractivity contribution in [3.05, 3.63) is 0 Å². The summed E-state index contributed by atoms with van der Waals surface area (Å²) < 4.78 is 0. The first-order chi connectivity index (χ1) is 38.6. The van der Waals surface area contributed by atoms with Crippen LogP contribution in [0.2, 0.25) is 0 Å². The van der Waals surface area contributed by atoms with Crippen LogP contribution in [0.15, 0.2) is 0 Å². The van der Waals surface area contributed by atoms with Crippen LogP contribution in [-0.4, -0.2) is 93.6 Å². The second kappa shape index (κ2) is 62.8. The summed E-state index contributed by atoms with van der Waals surface area (Å²) >= 11 is 0. The van der Waals surface area contributed by atoms with Gasteiger partial charge >= 0.3 is 0 Å². The van der Waals surface area contributed by atoms with Crippen LogP contribution in [0, 0.1) is 23.7 Å². The van der Waals surface area contributed by atoms with E-state index in [4.69, 9.17) is 0 Å². The van der Waals surface area contributed by atoms with Crippen molar-refractivity contribution in [2.45, 2.75) is 382 Å². The number of hydrogen-bond acceptors (Lipinski definition) is 6. The monoisotopic (exact) mass is 1120 g/mol. The van der Waals surface area contributed by atoms with E-state index in [2.05, 4.69) is 55.4 Å². The quantitative estimate of drug-likeness (QED) is 0.0450. The fourth-order valence-electron chi connectivity index (χ4n) is 12.0. The molecule has 0 fully saturated rings. The first kappa shape index (κ1) is 79.8. The Morgan fingerprint density at radius 3 is 0.797 bits per heavy atom. The second-order valence-electron chi connectivity index (χ2n) is 25.2. The van der Waals surface area contributed by atoms with Gasteiger partial charge in [0.2, 0.25) is 11.8 Å². The highest BCUT2D eigenvalue weighted by atomic mass is 16.3. The van der Waals surface area contributed by atoms with E-state index in [0.717, 1.165) is 77.3 Å². The molecule has 0 saturated heterocycles. The normalized spacial score (nSPS) is 13.9. The lowest BCUT2D eigenvalue weighted by Gasteiger charge is -2.32. The molecule has 0 aromatic heterocycles. The molecular formula is C71H144N2O6. The Bertz CT molecular complexity index is 1220. The van der Waals surface area contributed by atoms with Crippen LogP contribution in [0.5, 0.6) is 0 Å². The average molecular weight is 1120 g/mol. The molecule has 6 unspecified atom stereocenters. The molecule has 0 aliphatic carbocycles. The molecule has 0 heterocycles. The first-order valence-corrected chi connectivity index (χ1v) is 35.7. The van der Waals surface area contributed by atoms with Crippen LogP contribution in [-0.2, 0) is 9.59 Å². The highest BCUT2D eigenvalue weighted by molar-refractivity contribution is 5.79. The summed E-state index contributed by atoms with van der Waals surface area (Å²) in [6.45, 7) is 19.4. The van der Waals surface area contributed by atoms with Gasteiger partial charge in [0.1, 0.15) is 0 Å². The minimum Gasteiger partial charge on any atom is -0.394 e. The average Bonchev–Trinajstić information content (AvgIpc) is 3.46. The van der Waals surface area contributed by atoms with Crippen LogP contribution in [0.4, 0.5) is 0 Å². The van der Waals surface area contributed by atoms with Crippen LogP contribution in [0.3, 0.4) is 0 Å². The number of amides is 2. The minimum absolute atomic E-state index is 0.0581. The smallest absolute Gasteiger partial charge is 0.225 e. The van der Waals surface area contributed by atoms with Gasteiger partial charge in [-0.2, -0.15) is 0 Å². The summed E-state index contributed by atoms with van der Waals surface area (Å²) in [6.07, 6.45) is 59.7. The highest BCUT2D eigenvalue weighted by Gasteiger charge is 2.29. The van der Waals surface area contributed by atoms with Crippen molar-refractivity contribution >= 4 is 11.8 Å². The molecule has 0 spiro atoms. The van der Waals surface area contributed by atoms with Crippen molar-refractivity contribution in [3.8, 4) is 0 Å². The number of aliphatic hydroxyl groups excluding tert-OH is 4. The molecule has 0 aliphatic heterocycles. The predicted octanol–water partition coefficient (Wildman–Crippen LogP) is 20.1. The molecule has 8 nitrogen and oxygen atoms in total. The van der Waals surface area contributed by atoms with Gasteiger partial charge in [-0.3, -0.25) is 9.59 Å². The van der Waals surface area contributed by atoms with Crippen molar-refractivity contribution < 1.29 is 30.0 Å². The van der Waals surface area contributed by atoms with Gasteiger partial charge in [-0.25, -0.2) is 0 Å². The Labute approximate surface area is 494 Å². The van der Waals surface area contributed by atoms with E-state index in [1.165, 1.54) is 250 Å².